The second-order valence-corrected chi connectivity index (χ2v) is 16.3. The molecule has 0 bridgehead atoms. The molecular weight excluding hydrogens is 723 g/mol. The molecular formula is C44H44Cl2SZr-2. The molecule has 0 nitrogen and oxygen atoms in total. The Hall–Kier alpha value is -2.61. The van der Waals surface area contributed by atoms with Crippen molar-refractivity contribution >= 4 is 20.1 Å². The Kier molecular flexibility index (Phi) is 14.4. The Balaban J connectivity index is 0.000000202. The van der Waals surface area contributed by atoms with Crippen LogP contribution in [0.15, 0.2) is 121 Å². The molecule has 246 valence electrons. The van der Waals surface area contributed by atoms with Gasteiger partial charge in [0.05, 0.1) is 0 Å². The van der Waals surface area contributed by atoms with Crippen molar-refractivity contribution in [3.05, 3.63) is 171 Å². The summed E-state index contributed by atoms with van der Waals surface area (Å²) >= 11 is 3.24. The molecule has 0 N–H and O–H groups in total. The molecule has 2 aliphatic carbocycles. The van der Waals surface area contributed by atoms with Crippen LogP contribution in [0, 0.1) is 18.1 Å². The summed E-state index contributed by atoms with van der Waals surface area (Å²) in [5, 5.41) is 2.10. The molecule has 0 aliphatic heterocycles. The maximum absolute atomic E-state index is 3.67. The first kappa shape index (κ1) is 39.8. The molecule has 1 unspecified atom stereocenters. The van der Waals surface area contributed by atoms with Crippen molar-refractivity contribution in [1.82, 2.24) is 0 Å². The Morgan fingerprint density at radius 2 is 1.33 bits per heavy atom. The van der Waals surface area contributed by atoms with Gasteiger partial charge in [0, 0.05) is 0 Å². The van der Waals surface area contributed by atoms with Crippen molar-refractivity contribution < 1.29 is 49.0 Å². The first-order valence-electron chi connectivity index (χ1n) is 16.1. The third kappa shape index (κ3) is 10.2. The number of hydrogen-bond acceptors (Lipinski definition) is 1. The van der Waals surface area contributed by atoms with Gasteiger partial charge < -0.3 is 24.8 Å². The number of rotatable bonds is 3. The van der Waals surface area contributed by atoms with Gasteiger partial charge in [-0.25, -0.2) is 6.08 Å². The van der Waals surface area contributed by atoms with Gasteiger partial charge in [0.25, 0.3) is 0 Å². The monoisotopic (exact) mass is 764 g/mol. The first-order valence-corrected chi connectivity index (χ1v) is 18.2. The summed E-state index contributed by atoms with van der Waals surface area (Å²) in [5.41, 5.74) is 12.7. The summed E-state index contributed by atoms with van der Waals surface area (Å²) < 4.78 is 1.42. The summed E-state index contributed by atoms with van der Waals surface area (Å²) in [6, 6.07) is 40.5. The van der Waals surface area contributed by atoms with E-state index in [1.165, 1.54) is 82.4 Å². The average Bonchev–Trinajstić information content (AvgIpc) is 3.81. The topological polar surface area (TPSA) is 0 Å². The molecule has 0 radical (unpaired) electrons. The van der Waals surface area contributed by atoms with E-state index < -0.39 is 0 Å². The molecule has 5 aromatic rings. The number of halogens is 2. The van der Waals surface area contributed by atoms with Crippen LogP contribution in [0.1, 0.15) is 86.7 Å². The van der Waals surface area contributed by atoms with Crippen molar-refractivity contribution in [2.75, 3.05) is 0 Å². The molecule has 48 heavy (non-hydrogen) atoms. The summed E-state index contributed by atoms with van der Waals surface area (Å²) in [4.78, 5) is 1.35. The fourth-order valence-electron chi connectivity index (χ4n) is 5.59. The fourth-order valence-corrected chi connectivity index (χ4v) is 7.13. The number of allylic oxidation sites excluding steroid dienone is 4. The van der Waals surface area contributed by atoms with Crippen LogP contribution in [-0.4, -0.2) is 3.21 Å². The number of fused-ring (bicyclic) bond motifs is 3. The van der Waals surface area contributed by atoms with Crippen molar-refractivity contribution in [2.45, 2.75) is 65.7 Å². The van der Waals surface area contributed by atoms with Crippen LogP contribution in [0.5, 0.6) is 0 Å². The molecule has 0 saturated heterocycles. The van der Waals surface area contributed by atoms with Gasteiger partial charge in [-0.15, -0.1) is 11.1 Å². The summed E-state index contributed by atoms with van der Waals surface area (Å²) in [6.45, 7) is 15.8. The zero-order valence-corrected chi connectivity index (χ0v) is 33.8. The zero-order chi connectivity index (χ0) is 32.9. The fraction of sp³-hybridized carbons (Fsp3) is 0.250. The summed E-state index contributed by atoms with van der Waals surface area (Å²) in [7, 11) is 0. The number of benzene rings is 4. The second-order valence-electron chi connectivity index (χ2n) is 14.1. The Morgan fingerprint density at radius 1 is 0.729 bits per heavy atom. The molecule has 1 aromatic heterocycles. The van der Waals surface area contributed by atoms with Crippen LogP contribution < -0.4 is 24.8 Å². The van der Waals surface area contributed by atoms with Gasteiger partial charge in [-0.05, 0) is 38.6 Å². The predicted molar refractivity (Wildman–Crippen MR) is 196 cm³/mol. The minimum absolute atomic E-state index is 0. The van der Waals surface area contributed by atoms with E-state index in [9.17, 15) is 0 Å². The first-order chi connectivity index (χ1) is 21.9. The Labute approximate surface area is 320 Å². The predicted octanol–water partition coefficient (Wildman–Crippen LogP) is 5.60. The van der Waals surface area contributed by atoms with Gasteiger partial charge in [-0.3, -0.25) is 6.08 Å². The van der Waals surface area contributed by atoms with Crippen LogP contribution in [0.3, 0.4) is 0 Å². The molecule has 0 fully saturated rings. The Bertz CT molecular complexity index is 1740. The van der Waals surface area contributed by atoms with Crippen LogP contribution >= 0.6 is 11.3 Å². The second kappa shape index (κ2) is 17.4. The van der Waals surface area contributed by atoms with Crippen LogP contribution in [0.2, 0.25) is 0 Å². The van der Waals surface area contributed by atoms with Crippen molar-refractivity contribution in [2.24, 2.45) is 5.92 Å². The van der Waals surface area contributed by atoms with Crippen LogP contribution in [0.25, 0.3) is 16.7 Å². The van der Waals surface area contributed by atoms with E-state index in [1.54, 1.807) is 11.3 Å². The van der Waals surface area contributed by atoms with E-state index in [0.29, 0.717) is 5.92 Å². The molecule has 0 amide bonds. The Morgan fingerprint density at radius 3 is 1.83 bits per heavy atom. The summed E-state index contributed by atoms with van der Waals surface area (Å²) in [6.07, 6.45) is 8.59. The quantitative estimate of drug-likeness (QED) is 0.206. The third-order valence-corrected chi connectivity index (χ3v) is 10.7. The molecule has 4 aromatic carbocycles. The molecule has 0 saturated carbocycles. The van der Waals surface area contributed by atoms with E-state index in [0.717, 1.165) is 6.42 Å². The van der Waals surface area contributed by atoms with Crippen molar-refractivity contribution in [3.63, 3.8) is 0 Å². The standard InChI is InChI=1S/C21H25.C13H10.C10H9S.2ClH.Zr/c1-20(2,3)16-7-9-18-14(12-16)11-15-13-17(21(4,5)6)8-10-19(15)18;1-3-7-12(8-4-1)11-13-9-5-2-6-10-13;1-8-4-5-9(7-8)10-3-2-6-11-10;;;/h7-10,12H,11H2,1-6H3;1-10H;2-3,5-8H,1H3;2*1H;/q-1;;-1;;;+2/p-2. The maximum atomic E-state index is 3.67. The van der Waals surface area contributed by atoms with E-state index in [2.05, 4.69) is 181 Å². The van der Waals surface area contributed by atoms with Crippen molar-refractivity contribution in [3.8, 4) is 11.1 Å². The van der Waals surface area contributed by atoms with E-state index in [1.807, 2.05) is 0 Å². The van der Waals surface area contributed by atoms with Crippen LogP contribution in [0.4, 0.5) is 0 Å². The van der Waals surface area contributed by atoms with E-state index >= 15 is 0 Å². The molecule has 1 heterocycles. The molecule has 1 atom stereocenters. The average molecular weight is 767 g/mol. The molecule has 0 spiro atoms. The van der Waals surface area contributed by atoms with Gasteiger partial charge >= 0.3 is 99.2 Å². The minimum atomic E-state index is 0. The van der Waals surface area contributed by atoms with Gasteiger partial charge in [-0.2, -0.15) is 46.7 Å². The third-order valence-electron chi connectivity index (χ3n) is 8.33. The zero-order valence-electron chi connectivity index (χ0n) is 29.0. The van der Waals surface area contributed by atoms with E-state index in [4.69, 9.17) is 0 Å². The van der Waals surface area contributed by atoms with Gasteiger partial charge in [0.15, 0.2) is 0 Å². The number of hydrogen-bond donors (Lipinski definition) is 0. The number of thiophene rings is 1. The van der Waals surface area contributed by atoms with Gasteiger partial charge in [0.1, 0.15) is 0 Å². The molecule has 2 aliphatic rings. The molecule has 7 rings (SSSR count). The van der Waals surface area contributed by atoms with E-state index in [-0.39, 0.29) is 35.6 Å². The van der Waals surface area contributed by atoms with Gasteiger partial charge in [-0.1, -0.05) is 90.3 Å². The van der Waals surface area contributed by atoms with Gasteiger partial charge in [0.2, 0.25) is 0 Å². The molecule has 4 heteroatoms. The summed E-state index contributed by atoms with van der Waals surface area (Å²) in [5.74, 6) is 0.493. The normalized spacial score (nSPS) is 14.1. The SMILES string of the molecule is CC(C)(C)c1[c-]c2c(cc1)-c1ccc(C(C)(C)C)cc1C2.CC1[C-]=CC(c2cccs2)=C1.[Cl-].[Cl-].[Zr+2]=[C](c1ccccc1)c1ccccc1. The van der Waals surface area contributed by atoms with Crippen molar-refractivity contribution in [1.29, 1.82) is 0 Å². The van der Waals surface area contributed by atoms with Crippen LogP contribution in [-0.2, 0) is 41.5 Å².